The summed E-state index contributed by atoms with van der Waals surface area (Å²) in [5.74, 6) is -0.785. The van der Waals surface area contributed by atoms with E-state index in [1.807, 2.05) is 24.3 Å². The van der Waals surface area contributed by atoms with Gasteiger partial charge in [-0.15, -0.1) is 0 Å². The number of carbonyl (C=O) groups is 1. The maximum absolute atomic E-state index is 10.7. The summed E-state index contributed by atoms with van der Waals surface area (Å²) < 4.78 is 5.59. The average Bonchev–Trinajstić information content (AvgIpc) is 2.28. The van der Waals surface area contributed by atoms with Crippen molar-refractivity contribution >= 4 is 11.7 Å². The molecule has 2 unspecified atom stereocenters. The van der Waals surface area contributed by atoms with Gasteiger partial charge in [0, 0.05) is 25.2 Å². The first-order chi connectivity index (χ1) is 8.20. The zero-order valence-electron chi connectivity index (χ0n) is 9.50. The Morgan fingerprint density at radius 3 is 2.76 bits per heavy atom. The van der Waals surface area contributed by atoms with Crippen molar-refractivity contribution in [2.24, 2.45) is 0 Å². The second kappa shape index (κ2) is 4.04. The van der Waals surface area contributed by atoms with Crippen LogP contribution in [0.3, 0.4) is 0 Å². The number of morpholine rings is 1. The van der Waals surface area contributed by atoms with Gasteiger partial charge < -0.3 is 14.7 Å². The quantitative estimate of drug-likeness (QED) is 0.854. The maximum atomic E-state index is 10.7. The molecule has 4 heteroatoms. The molecule has 3 saturated heterocycles. The first-order valence-electron chi connectivity index (χ1n) is 5.92. The summed E-state index contributed by atoms with van der Waals surface area (Å²) in [6, 6.07) is 7.79. The van der Waals surface area contributed by atoms with Gasteiger partial charge in [-0.05, 0) is 17.7 Å². The molecule has 1 aromatic carbocycles. The van der Waals surface area contributed by atoms with E-state index in [0.29, 0.717) is 12.2 Å². The Kier molecular flexibility index (Phi) is 2.52. The molecular formula is C13H15NO3. The number of carboxylic acid groups (broad SMARTS) is 1. The van der Waals surface area contributed by atoms with E-state index in [9.17, 15) is 4.79 Å². The molecule has 1 aromatic rings. The molecule has 3 fully saturated rings. The number of carboxylic acids is 1. The SMILES string of the molecule is O=C(O)Cc1cccc(N2CC3CC(C2)O3)c1. The zero-order chi connectivity index (χ0) is 11.8. The van der Waals surface area contributed by atoms with Gasteiger partial charge >= 0.3 is 5.97 Å². The molecule has 0 amide bonds. The fraction of sp³-hybridized carbons (Fsp3) is 0.462. The monoisotopic (exact) mass is 233 g/mol. The highest BCUT2D eigenvalue weighted by Crippen LogP contribution is 2.31. The van der Waals surface area contributed by atoms with E-state index in [1.165, 1.54) is 6.42 Å². The molecule has 0 aromatic heterocycles. The zero-order valence-corrected chi connectivity index (χ0v) is 9.50. The predicted molar refractivity (Wildman–Crippen MR) is 63.3 cm³/mol. The van der Waals surface area contributed by atoms with Crippen LogP contribution in [0.1, 0.15) is 12.0 Å². The summed E-state index contributed by atoms with van der Waals surface area (Å²) >= 11 is 0. The van der Waals surface area contributed by atoms with Crippen molar-refractivity contribution in [3.8, 4) is 0 Å². The van der Waals surface area contributed by atoms with Gasteiger partial charge in [-0.2, -0.15) is 0 Å². The minimum absolute atomic E-state index is 0.0883. The van der Waals surface area contributed by atoms with Crippen molar-refractivity contribution in [2.45, 2.75) is 25.0 Å². The molecular weight excluding hydrogens is 218 g/mol. The number of fused-ring (bicyclic) bond motifs is 2. The Morgan fingerprint density at radius 1 is 1.41 bits per heavy atom. The number of anilines is 1. The van der Waals surface area contributed by atoms with Crippen LogP contribution in [-0.2, 0) is 16.0 Å². The van der Waals surface area contributed by atoms with Crippen LogP contribution in [0.5, 0.6) is 0 Å². The Bertz CT molecular complexity index is 430. The number of hydrogen-bond donors (Lipinski definition) is 1. The lowest BCUT2D eigenvalue weighted by Gasteiger charge is -2.48. The Balaban J connectivity index is 1.76. The first kappa shape index (κ1) is 10.6. The minimum Gasteiger partial charge on any atom is -0.481 e. The van der Waals surface area contributed by atoms with Crippen molar-refractivity contribution in [2.75, 3.05) is 18.0 Å². The van der Waals surface area contributed by atoms with Crippen LogP contribution in [0.4, 0.5) is 5.69 Å². The molecule has 90 valence electrons. The fourth-order valence-corrected chi connectivity index (χ4v) is 2.60. The summed E-state index contributed by atoms with van der Waals surface area (Å²) in [5.41, 5.74) is 1.97. The van der Waals surface area contributed by atoms with E-state index in [4.69, 9.17) is 9.84 Å². The largest absolute Gasteiger partial charge is 0.481 e. The summed E-state index contributed by atoms with van der Waals surface area (Å²) in [6.45, 7) is 1.85. The predicted octanol–water partition coefficient (Wildman–Crippen LogP) is 1.29. The van der Waals surface area contributed by atoms with Gasteiger partial charge in [-0.1, -0.05) is 12.1 Å². The molecule has 3 heterocycles. The number of aliphatic carboxylic acids is 1. The highest BCUT2D eigenvalue weighted by atomic mass is 16.5. The molecule has 2 atom stereocenters. The second-order valence-electron chi connectivity index (χ2n) is 4.76. The van der Waals surface area contributed by atoms with E-state index < -0.39 is 5.97 Å². The minimum atomic E-state index is -0.785. The van der Waals surface area contributed by atoms with Gasteiger partial charge in [0.1, 0.15) is 0 Å². The molecule has 4 nitrogen and oxygen atoms in total. The molecule has 0 saturated carbocycles. The standard InChI is InChI=1S/C13H15NO3/c15-13(16)5-9-2-1-3-10(4-9)14-7-11-6-12(8-14)17-11/h1-4,11-12H,5-8H2,(H,15,16). The normalized spacial score (nSPS) is 26.5. The van der Waals surface area contributed by atoms with Crippen molar-refractivity contribution in [3.63, 3.8) is 0 Å². The molecule has 2 bridgehead atoms. The number of hydrogen-bond acceptors (Lipinski definition) is 3. The van der Waals surface area contributed by atoms with E-state index in [1.54, 1.807) is 0 Å². The third-order valence-corrected chi connectivity index (χ3v) is 3.39. The Morgan fingerprint density at radius 2 is 2.12 bits per heavy atom. The average molecular weight is 233 g/mol. The number of piperidine rings is 1. The molecule has 17 heavy (non-hydrogen) atoms. The van der Waals surface area contributed by atoms with Crippen LogP contribution < -0.4 is 4.90 Å². The maximum Gasteiger partial charge on any atom is 0.307 e. The van der Waals surface area contributed by atoms with Crippen molar-refractivity contribution in [3.05, 3.63) is 29.8 Å². The highest BCUT2D eigenvalue weighted by molar-refractivity contribution is 5.71. The molecule has 1 N–H and O–H groups in total. The van der Waals surface area contributed by atoms with Gasteiger partial charge in [0.05, 0.1) is 18.6 Å². The number of benzene rings is 1. The van der Waals surface area contributed by atoms with Crippen molar-refractivity contribution in [1.29, 1.82) is 0 Å². The first-order valence-corrected chi connectivity index (χ1v) is 5.92. The van der Waals surface area contributed by atoms with Crippen LogP contribution in [0.2, 0.25) is 0 Å². The third kappa shape index (κ3) is 2.13. The molecule has 0 radical (unpaired) electrons. The summed E-state index contributed by atoms with van der Waals surface area (Å²) in [6.07, 6.45) is 2.00. The highest BCUT2D eigenvalue weighted by Gasteiger charge is 2.38. The topological polar surface area (TPSA) is 49.8 Å². The number of nitrogens with zero attached hydrogens (tertiary/aromatic N) is 1. The van der Waals surface area contributed by atoms with Gasteiger partial charge in [0.2, 0.25) is 0 Å². The van der Waals surface area contributed by atoms with Gasteiger partial charge in [0.25, 0.3) is 0 Å². The molecule has 4 rings (SSSR count). The van der Waals surface area contributed by atoms with E-state index in [-0.39, 0.29) is 6.42 Å². The number of ether oxygens (including phenoxy) is 1. The van der Waals surface area contributed by atoms with Gasteiger partial charge in [-0.3, -0.25) is 4.79 Å². The van der Waals surface area contributed by atoms with Crippen LogP contribution in [0.25, 0.3) is 0 Å². The lowest BCUT2D eigenvalue weighted by Crippen LogP contribution is -2.57. The van der Waals surface area contributed by atoms with Crippen LogP contribution in [0, 0.1) is 0 Å². The molecule has 0 aliphatic carbocycles. The van der Waals surface area contributed by atoms with Crippen molar-refractivity contribution < 1.29 is 14.6 Å². The van der Waals surface area contributed by atoms with E-state index >= 15 is 0 Å². The van der Waals surface area contributed by atoms with Crippen molar-refractivity contribution in [1.82, 2.24) is 0 Å². The van der Waals surface area contributed by atoms with Gasteiger partial charge in [0.15, 0.2) is 0 Å². The van der Waals surface area contributed by atoms with Gasteiger partial charge in [-0.25, -0.2) is 0 Å². The molecule has 0 spiro atoms. The second-order valence-corrected chi connectivity index (χ2v) is 4.76. The Hall–Kier alpha value is -1.55. The third-order valence-electron chi connectivity index (χ3n) is 3.39. The number of rotatable bonds is 3. The van der Waals surface area contributed by atoms with Crippen LogP contribution in [0.15, 0.2) is 24.3 Å². The fourth-order valence-electron chi connectivity index (χ4n) is 2.60. The molecule has 3 aliphatic rings. The lowest BCUT2D eigenvalue weighted by molar-refractivity contribution is -0.136. The van der Waals surface area contributed by atoms with Crippen LogP contribution in [-0.4, -0.2) is 36.4 Å². The summed E-state index contributed by atoms with van der Waals surface area (Å²) in [4.78, 5) is 13.0. The van der Waals surface area contributed by atoms with E-state index in [0.717, 1.165) is 24.3 Å². The Labute approximate surface area is 99.8 Å². The van der Waals surface area contributed by atoms with E-state index in [2.05, 4.69) is 4.90 Å². The smallest absolute Gasteiger partial charge is 0.307 e. The molecule has 3 aliphatic heterocycles. The summed E-state index contributed by atoms with van der Waals surface area (Å²) in [7, 11) is 0. The lowest BCUT2D eigenvalue weighted by atomic mass is 9.98. The van der Waals surface area contributed by atoms with Crippen LogP contribution >= 0.6 is 0 Å². The summed E-state index contributed by atoms with van der Waals surface area (Å²) in [5, 5.41) is 8.78.